The van der Waals surface area contributed by atoms with Crippen molar-refractivity contribution in [2.24, 2.45) is 0 Å². The van der Waals surface area contributed by atoms with Crippen LogP contribution in [0.25, 0.3) is 5.57 Å². The summed E-state index contributed by atoms with van der Waals surface area (Å²) in [4.78, 5) is 18.2. The maximum absolute atomic E-state index is 12.4. The second-order valence-corrected chi connectivity index (χ2v) is 5.67. The van der Waals surface area contributed by atoms with Crippen LogP contribution in [0, 0.1) is 0 Å². The predicted octanol–water partition coefficient (Wildman–Crippen LogP) is 3.42. The topological polar surface area (TPSA) is 63.7 Å². The molecular formula is C19H21N3O3. The summed E-state index contributed by atoms with van der Waals surface area (Å²) in [5.74, 6) is 1.36. The molecule has 0 aliphatic carbocycles. The number of carbonyl (C=O) groups is 1. The van der Waals surface area contributed by atoms with Crippen molar-refractivity contribution in [1.29, 1.82) is 0 Å². The Labute approximate surface area is 147 Å². The molecule has 1 aromatic heterocycles. The van der Waals surface area contributed by atoms with Gasteiger partial charge in [-0.25, -0.2) is 9.78 Å². The second-order valence-electron chi connectivity index (χ2n) is 5.67. The number of benzene rings is 1. The minimum atomic E-state index is -0.128. The molecule has 1 aliphatic heterocycles. The molecule has 0 unspecified atom stereocenters. The van der Waals surface area contributed by atoms with Gasteiger partial charge in [-0.1, -0.05) is 18.2 Å². The average Bonchev–Trinajstić information content (AvgIpc) is 2.69. The molecule has 6 heteroatoms. The van der Waals surface area contributed by atoms with Gasteiger partial charge in [0.25, 0.3) is 0 Å². The standard InChI is InChI=1S/C19H21N3O3/c1-24-17-6-3-14(4-7-17)15-9-11-22(12-10-15)19(23)21-16-5-8-18(25-2)20-13-16/h3-9,13H,10-12H2,1-2H3,(H,21,23). The van der Waals surface area contributed by atoms with Gasteiger partial charge in [-0.15, -0.1) is 0 Å². The normalized spacial score (nSPS) is 13.8. The summed E-state index contributed by atoms with van der Waals surface area (Å²) in [7, 11) is 3.21. The van der Waals surface area contributed by atoms with E-state index in [-0.39, 0.29) is 6.03 Å². The highest BCUT2D eigenvalue weighted by molar-refractivity contribution is 5.89. The van der Waals surface area contributed by atoms with Crippen LogP contribution in [0.3, 0.4) is 0 Å². The van der Waals surface area contributed by atoms with Gasteiger partial charge in [-0.2, -0.15) is 0 Å². The molecule has 0 spiro atoms. The molecule has 0 saturated carbocycles. The average molecular weight is 339 g/mol. The van der Waals surface area contributed by atoms with E-state index in [9.17, 15) is 4.79 Å². The molecule has 2 aromatic rings. The van der Waals surface area contributed by atoms with Crippen molar-refractivity contribution < 1.29 is 14.3 Å². The molecule has 0 saturated heterocycles. The third-order valence-corrected chi connectivity index (χ3v) is 4.15. The maximum atomic E-state index is 12.4. The van der Waals surface area contributed by atoms with Crippen molar-refractivity contribution in [1.82, 2.24) is 9.88 Å². The van der Waals surface area contributed by atoms with Gasteiger partial charge in [0.15, 0.2) is 0 Å². The first-order valence-electron chi connectivity index (χ1n) is 8.09. The van der Waals surface area contributed by atoms with Crippen LogP contribution in [0.15, 0.2) is 48.7 Å². The molecule has 0 atom stereocenters. The third-order valence-electron chi connectivity index (χ3n) is 4.15. The van der Waals surface area contributed by atoms with Gasteiger partial charge in [-0.05, 0) is 35.8 Å². The van der Waals surface area contributed by atoms with Gasteiger partial charge >= 0.3 is 6.03 Å². The fourth-order valence-electron chi connectivity index (χ4n) is 2.70. The Morgan fingerprint density at radius 1 is 1.12 bits per heavy atom. The molecule has 2 heterocycles. The van der Waals surface area contributed by atoms with Crippen LogP contribution in [0.1, 0.15) is 12.0 Å². The van der Waals surface area contributed by atoms with E-state index in [4.69, 9.17) is 9.47 Å². The van der Waals surface area contributed by atoms with Gasteiger partial charge in [0.2, 0.25) is 5.88 Å². The monoisotopic (exact) mass is 339 g/mol. The van der Waals surface area contributed by atoms with Crippen LogP contribution in [0.4, 0.5) is 10.5 Å². The molecule has 1 aliphatic rings. The van der Waals surface area contributed by atoms with E-state index in [0.717, 1.165) is 12.2 Å². The van der Waals surface area contributed by atoms with Gasteiger partial charge < -0.3 is 19.7 Å². The molecule has 130 valence electrons. The third kappa shape index (κ3) is 4.09. The lowest BCUT2D eigenvalue weighted by atomic mass is 9.99. The van der Waals surface area contributed by atoms with E-state index in [1.807, 2.05) is 24.3 Å². The number of nitrogens with zero attached hydrogens (tertiary/aromatic N) is 2. The summed E-state index contributed by atoms with van der Waals surface area (Å²) in [5, 5.41) is 2.86. The molecule has 1 aromatic carbocycles. The zero-order valence-electron chi connectivity index (χ0n) is 14.4. The highest BCUT2D eigenvalue weighted by atomic mass is 16.5. The van der Waals surface area contributed by atoms with Crippen molar-refractivity contribution in [3.63, 3.8) is 0 Å². The smallest absolute Gasteiger partial charge is 0.322 e. The lowest BCUT2D eigenvalue weighted by Gasteiger charge is -2.27. The van der Waals surface area contributed by atoms with Crippen LogP contribution < -0.4 is 14.8 Å². The van der Waals surface area contributed by atoms with Gasteiger partial charge in [0, 0.05) is 19.2 Å². The highest BCUT2D eigenvalue weighted by Crippen LogP contribution is 2.24. The number of hydrogen-bond acceptors (Lipinski definition) is 4. The summed E-state index contributed by atoms with van der Waals surface area (Å²) >= 11 is 0. The van der Waals surface area contributed by atoms with Gasteiger partial charge in [-0.3, -0.25) is 0 Å². The highest BCUT2D eigenvalue weighted by Gasteiger charge is 2.18. The fourth-order valence-corrected chi connectivity index (χ4v) is 2.70. The van der Waals surface area contributed by atoms with Crippen LogP contribution >= 0.6 is 0 Å². The first-order valence-corrected chi connectivity index (χ1v) is 8.09. The number of hydrogen-bond donors (Lipinski definition) is 1. The first kappa shape index (κ1) is 16.8. The molecule has 6 nitrogen and oxygen atoms in total. The number of nitrogens with one attached hydrogen (secondary N) is 1. The van der Waals surface area contributed by atoms with Gasteiger partial charge in [0.05, 0.1) is 26.1 Å². The van der Waals surface area contributed by atoms with E-state index in [1.54, 1.807) is 37.4 Å². The number of pyridine rings is 1. The first-order chi connectivity index (χ1) is 12.2. The quantitative estimate of drug-likeness (QED) is 0.927. The number of amides is 2. The summed E-state index contributed by atoms with van der Waals surface area (Å²) in [5.41, 5.74) is 3.06. The Morgan fingerprint density at radius 2 is 1.92 bits per heavy atom. The lowest BCUT2D eigenvalue weighted by Crippen LogP contribution is -2.37. The lowest BCUT2D eigenvalue weighted by molar-refractivity contribution is 0.217. The van der Waals surface area contributed by atoms with Crippen LogP contribution in [-0.2, 0) is 0 Å². The van der Waals surface area contributed by atoms with E-state index in [2.05, 4.69) is 16.4 Å². The number of carbonyl (C=O) groups excluding carboxylic acids is 1. The second kappa shape index (κ2) is 7.70. The van der Waals surface area contributed by atoms with E-state index >= 15 is 0 Å². The van der Waals surface area contributed by atoms with E-state index in [0.29, 0.717) is 24.7 Å². The summed E-state index contributed by atoms with van der Waals surface area (Å²) in [6.07, 6.45) is 4.50. The number of ether oxygens (including phenoxy) is 2. The van der Waals surface area contributed by atoms with Crippen molar-refractivity contribution in [3.8, 4) is 11.6 Å². The number of methoxy groups -OCH3 is 2. The minimum Gasteiger partial charge on any atom is -0.497 e. The zero-order chi connectivity index (χ0) is 17.6. The van der Waals surface area contributed by atoms with Crippen molar-refractivity contribution in [3.05, 3.63) is 54.2 Å². The molecule has 0 bridgehead atoms. The van der Waals surface area contributed by atoms with Gasteiger partial charge in [0.1, 0.15) is 5.75 Å². The zero-order valence-corrected chi connectivity index (χ0v) is 14.4. The van der Waals surface area contributed by atoms with Crippen LogP contribution in [0.2, 0.25) is 0 Å². The van der Waals surface area contributed by atoms with Crippen molar-refractivity contribution >= 4 is 17.3 Å². The maximum Gasteiger partial charge on any atom is 0.322 e. The largest absolute Gasteiger partial charge is 0.497 e. The van der Waals surface area contributed by atoms with E-state index < -0.39 is 0 Å². The Morgan fingerprint density at radius 3 is 2.48 bits per heavy atom. The molecule has 2 amide bonds. The summed E-state index contributed by atoms with van der Waals surface area (Å²) in [6, 6.07) is 11.3. The number of aromatic nitrogens is 1. The molecule has 1 N–H and O–H groups in total. The Kier molecular flexibility index (Phi) is 5.18. The SMILES string of the molecule is COc1ccc(C2=CCN(C(=O)Nc3ccc(OC)nc3)CC2)cc1. The number of rotatable bonds is 4. The molecule has 3 rings (SSSR count). The Bertz CT molecular complexity index is 754. The molecular weight excluding hydrogens is 318 g/mol. The van der Waals surface area contributed by atoms with Crippen molar-refractivity contribution in [2.45, 2.75) is 6.42 Å². The van der Waals surface area contributed by atoms with E-state index in [1.165, 1.54) is 11.1 Å². The molecule has 0 radical (unpaired) electrons. The Hall–Kier alpha value is -3.02. The van der Waals surface area contributed by atoms with Crippen LogP contribution in [-0.4, -0.2) is 43.2 Å². The number of anilines is 1. The summed E-state index contributed by atoms with van der Waals surface area (Å²) < 4.78 is 10.2. The van der Waals surface area contributed by atoms with Crippen LogP contribution in [0.5, 0.6) is 11.6 Å². The minimum absolute atomic E-state index is 0.128. The molecule has 0 fully saturated rings. The molecule has 25 heavy (non-hydrogen) atoms. The number of urea groups is 1. The summed E-state index contributed by atoms with van der Waals surface area (Å²) in [6.45, 7) is 1.25. The van der Waals surface area contributed by atoms with Crippen molar-refractivity contribution in [2.75, 3.05) is 32.6 Å². The Balaban J connectivity index is 1.59. The predicted molar refractivity (Wildman–Crippen MR) is 97.0 cm³/mol. The fraction of sp³-hybridized carbons (Fsp3) is 0.263.